The summed E-state index contributed by atoms with van der Waals surface area (Å²) >= 11 is 18.8. The largest absolute Gasteiger partial charge is 0.419 e. The van der Waals surface area contributed by atoms with E-state index in [4.69, 9.17) is 44.3 Å². The Labute approximate surface area is 207 Å². The summed E-state index contributed by atoms with van der Waals surface area (Å²) < 4.78 is 8.03. The molecule has 0 N–H and O–H groups in total. The topological polar surface area (TPSA) is 56.7 Å². The normalized spacial score (nSPS) is 15.7. The van der Waals surface area contributed by atoms with Gasteiger partial charge in [0.2, 0.25) is 5.89 Å². The fourth-order valence-electron chi connectivity index (χ4n) is 4.58. The maximum absolute atomic E-state index is 6.56. The second-order valence-electron chi connectivity index (χ2n) is 8.87. The lowest BCUT2D eigenvalue weighted by Crippen LogP contribution is -2.25. The molecule has 0 atom stereocenters. The highest BCUT2D eigenvalue weighted by atomic mass is 35.5. The number of rotatable bonds is 4. The summed E-state index contributed by atoms with van der Waals surface area (Å²) in [5.74, 6) is 1.09. The van der Waals surface area contributed by atoms with Gasteiger partial charge in [-0.3, -0.25) is 0 Å². The first-order valence-electron chi connectivity index (χ1n) is 11.0. The highest BCUT2D eigenvalue weighted by Crippen LogP contribution is 2.40. The third-order valence-corrected chi connectivity index (χ3v) is 7.27. The van der Waals surface area contributed by atoms with Crippen LogP contribution in [0, 0.1) is 6.92 Å². The Balaban J connectivity index is 1.66. The predicted molar refractivity (Wildman–Crippen MR) is 132 cm³/mol. The maximum atomic E-state index is 6.56. The van der Waals surface area contributed by atoms with Gasteiger partial charge in [-0.25, -0.2) is 4.68 Å². The van der Waals surface area contributed by atoms with E-state index in [-0.39, 0.29) is 5.41 Å². The molecule has 1 aliphatic rings. The lowest BCUT2D eigenvalue weighted by atomic mass is 9.76. The van der Waals surface area contributed by atoms with Crippen LogP contribution < -0.4 is 0 Å². The zero-order chi connectivity index (χ0) is 23.2. The first-order valence-corrected chi connectivity index (χ1v) is 12.1. The lowest BCUT2D eigenvalue weighted by Gasteiger charge is -2.29. The molecular weight excluding hydrogens is 479 g/mol. The number of hydrogen-bond donors (Lipinski definition) is 0. The smallest absolute Gasteiger partial charge is 0.268 e. The minimum atomic E-state index is -0.0849. The zero-order valence-electron chi connectivity index (χ0n) is 18.4. The van der Waals surface area contributed by atoms with Gasteiger partial charge in [0.1, 0.15) is 0 Å². The lowest BCUT2D eigenvalue weighted by molar-refractivity contribution is 0.259. The van der Waals surface area contributed by atoms with Gasteiger partial charge < -0.3 is 4.42 Å². The molecule has 0 bridgehead atoms. The number of aromatic nitrogens is 4. The first kappa shape index (κ1) is 22.5. The van der Waals surface area contributed by atoms with E-state index in [1.807, 2.05) is 37.3 Å². The fourth-order valence-corrected chi connectivity index (χ4v) is 5.20. The van der Waals surface area contributed by atoms with Crippen molar-refractivity contribution in [1.82, 2.24) is 20.0 Å². The van der Waals surface area contributed by atoms with Gasteiger partial charge in [-0.15, -0.1) is 10.2 Å². The Hall–Kier alpha value is -2.34. The van der Waals surface area contributed by atoms with Crippen LogP contribution in [0.15, 0.2) is 46.9 Å². The summed E-state index contributed by atoms with van der Waals surface area (Å²) in [6.07, 6.45) is 5.72. The van der Waals surface area contributed by atoms with Crippen LogP contribution in [0.5, 0.6) is 0 Å². The average molecular weight is 502 g/mol. The molecule has 0 aliphatic heterocycles. The summed E-state index contributed by atoms with van der Waals surface area (Å²) in [6, 6.07) is 13.0. The highest BCUT2D eigenvalue weighted by Gasteiger charge is 2.35. The highest BCUT2D eigenvalue weighted by molar-refractivity contribution is 6.35. The monoisotopic (exact) mass is 500 g/mol. The van der Waals surface area contributed by atoms with Crippen LogP contribution in [-0.2, 0) is 5.41 Å². The number of halogens is 3. The molecule has 4 aromatic rings. The van der Waals surface area contributed by atoms with Crippen molar-refractivity contribution in [1.29, 1.82) is 0 Å². The van der Waals surface area contributed by atoms with E-state index in [0.29, 0.717) is 38.2 Å². The molecule has 0 radical (unpaired) electrons. The molecule has 1 saturated carbocycles. The van der Waals surface area contributed by atoms with Crippen molar-refractivity contribution in [3.05, 3.63) is 69.0 Å². The molecule has 33 heavy (non-hydrogen) atoms. The predicted octanol–water partition coefficient (Wildman–Crippen LogP) is 8.08. The molecule has 0 saturated heterocycles. The summed E-state index contributed by atoms with van der Waals surface area (Å²) in [6.45, 7) is 4.21. The first-order chi connectivity index (χ1) is 15.9. The molecule has 5 nitrogen and oxygen atoms in total. The van der Waals surface area contributed by atoms with Crippen molar-refractivity contribution < 1.29 is 4.42 Å². The van der Waals surface area contributed by atoms with Crippen LogP contribution in [0.4, 0.5) is 0 Å². The van der Waals surface area contributed by atoms with Gasteiger partial charge in [-0.05, 0) is 50.1 Å². The third kappa shape index (κ3) is 4.18. The van der Waals surface area contributed by atoms with Crippen molar-refractivity contribution in [3.63, 3.8) is 0 Å². The summed E-state index contributed by atoms with van der Waals surface area (Å²) in [5, 5.41) is 15.4. The fraction of sp³-hybridized carbons (Fsp3) is 0.320. The van der Waals surface area contributed by atoms with Crippen LogP contribution >= 0.6 is 34.8 Å². The van der Waals surface area contributed by atoms with Gasteiger partial charge in [0, 0.05) is 26.6 Å². The summed E-state index contributed by atoms with van der Waals surface area (Å²) in [5.41, 5.74) is 3.98. The minimum absolute atomic E-state index is 0.0849. The van der Waals surface area contributed by atoms with E-state index >= 15 is 0 Å². The van der Waals surface area contributed by atoms with Crippen molar-refractivity contribution in [2.45, 2.75) is 51.4 Å². The molecule has 0 unspecified atom stereocenters. The molecule has 8 heteroatoms. The summed E-state index contributed by atoms with van der Waals surface area (Å²) in [4.78, 5) is 0. The van der Waals surface area contributed by atoms with Gasteiger partial charge in [0.15, 0.2) is 5.69 Å². The molecule has 2 heterocycles. The van der Waals surface area contributed by atoms with Gasteiger partial charge in [0.05, 0.1) is 16.4 Å². The second kappa shape index (κ2) is 8.79. The number of hydrogen-bond acceptors (Lipinski definition) is 4. The van der Waals surface area contributed by atoms with E-state index in [9.17, 15) is 0 Å². The molecule has 5 rings (SSSR count). The van der Waals surface area contributed by atoms with Gasteiger partial charge in [-0.1, -0.05) is 73.1 Å². The third-order valence-electron chi connectivity index (χ3n) is 6.48. The van der Waals surface area contributed by atoms with E-state index in [1.165, 1.54) is 19.3 Å². The molecule has 170 valence electrons. The standard InChI is InChI=1S/C25H23Cl3N4O/c1-15-21(23-29-30-24(33-23)25(2)12-4-3-5-13-25)31-32(20-11-10-18(27)14-19(20)28)22(15)16-6-8-17(26)9-7-16/h6-11,14H,3-5,12-13H2,1-2H3. The molecule has 2 aromatic carbocycles. The molecule has 1 aliphatic carbocycles. The van der Waals surface area contributed by atoms with E-state index in [2.05, 4.69) is 17.1 Å². The van der Waals surface area contributed by atoms with E-state index in [0.717, 1.165) is 29.7 Å². The van der Waals surface area contributed by atoms with Crippen LogP contribution in [0.25, 0.3) is 28.5 Å². The molecule has 0 spiro atoms. The zero-order valence-corrected chi connectivity index (χ0v) is 20.7. The quantitative estimate of drug-likeness (QED) is 0.283. The molecule has 2 aromatic heterocycles. The van der Waals surface area contributed by atoms with Crippen LogP contribution in [-0.4, -0.2) is 20.0 Å². The average Bonchev–Trinajstić information content (AvgIpc) is 3.41. The molecular formula is C25H23Cl3N4O. The number of nitrogens with zero attached hydrogens (tertiary/aromatic N) is 4. The van der Waals surface area contributed by atoms with E-state index in [1.54, 1.807) is 16.8 Å². The minimum Gasteiger partial charge on any atom is -0.419 e. The Morgan fingerprint density at radius 3 is 2.30 bits per heavy atom. The number of benzene rings is 2. The Morgan fingerprint density at radius 2 is 1.61 bits per heavy atom. The van der Waals surface area contributed by atoms with Crippen LogP contribution in [0.1, 0.15) is 50.5 Å². The van der Waals surface area contributed by atoms with Gasteiger partial charge in [0.25, 0.3) is 5.89 Å². The second-order valence-corrected chi connectivity index (χ2v) is 10.2. The molecule has 0 amide bonds. The van der Waals surface area contributed by atoms with Gasteiger partial charge >= 0.3 is 0 Å². The molecule has 1 fully saturated rings. The van der Waals surface area contributed by atoms with Crippen molar-refractivity contribution in [3.8, 4) is 28.5 Å². The van der Waals surface area contributed by atoms with E-state index < -0.39 is 0 Å². The van der Waals surface area contributed by atoms with Crippen molar-refractivity contribution >= 4 is 34.8 Å². The van der Waals surface area contributed by atoms with Gasteiger partial charge in [-0.2, -0.15) is 5.10 Å². The Morgan fingerprint density at radius 1 is 0.909 bits per heavy atom. The maximum Gasteiger partial charge on any atom is 0.268 e. The summed E-state index contributed by atoms with van der Waals surface area (Å²) in [7, 11) is 0. The van der Waals surface area contributed by atoms with Crippen molar-refractivity contribution in [2.24, 2.45) is 0 Å². The Kier molecular flexibility index (Phi) is 5.98. The van der Waals surface area contributed by atoms with Crippen LogP contribution in [0.2, 0.25) is 15.1 Å². The SMILES string of the molecule is Cc1c(-c2nnc(C3(C)CCCCC3)o2)nn(-c2ccc(Cl)cc2Cl)c1-c1ccc(Cl)cc1. The van der Waals surface area contributed by atoms with Crippen LogP contribution in [0.3, 0.4) is 0 Å². The van der Waals surface area contributed by atoms with Crippen molar-refractivity contribution in [2.75, 3.05) is 0 Å². The Bertz CT molecular complexity index is 1300.